The molecule has 24 heavy (non-hydrogen) atoms. The molecule has 0 aliphatic carbocycles. The first-order valence-electron chi connectivity index (χ1n) is 7.82. The minimum atomic E-state index is -0.360. The predicted molar refractivity (Wildman–Crippen MR) is 90.2 cm³/mol. The zero-order valence-corrected chi connectivity index (χ0v) is 14.3. The summed E-state index contributed by atoms with van der Waals surface area (Å²) in [6.45, 7) is 4.82. The molecule has 1 aromatic heterocycles. The van der Waals surface area contributed by atoms with E-state index in [1.807, 2.05) is 32.8 Å². The Kier molecular flexibility index (Phi) is 4.17. The lowest BCUT2D eigenvalue weighted by molar-refractivity contribution is -0.120. The summed E-state index contributed by atoms with van der Waals surface area (Å²) in [6.07, 6.45) is 0. The molecule has 7 heteroatoms. The van der Waals surface area contributed by atoms with E-state index in [-0.39, 0.29) is 18.3 Å². The molecule has 0 N–H and O–H groups in total. The molecule has 1 aliphatic heterocycles. The first-order valence-corrected chi connectivity index (χ1v) is 7.82. The number of anilines is 2. The largest absolute Gasteiger partial charge is 0.480 e. The number of ether oxygens (including phenoxy) is 1. The van der Waals surface area contributed by atoms with Gasteiger partial charge in [-0.15, -0.1) is 0 Å². The SMILES string of the molecule is Cc1nn(C)c(C)c1OCC(=O)N1CCN(C)c2ccc(F)cc21. The number of hydrogen-bond donors (Lipinski definition) is 0. The number of hydrogen-bond acceptors (Lipinski definition) is 4. The first-order chi connectivity index (χ1) is 11.4. The number of fused-ring (bicyclic) bond motifs is 1. The number of halogens is 1. The van der Waals surface area contributed by atoms with Gasteiger partial charge in [0.25, 0.3) is 5.91 Å². The van der Waals surface area contributed by atoms with Gasteiger partial charge in [-0.2, -0.15) is 5.10 Å². The molecule has 128 valence electrons. The topological polar surface area (TPSA) is 50.6 Å². The Labute approximate surface area is 140 Å². The Morgan fingerprint density at radius 2 is 2.00 bits per heavy atom. The molecule has 1 aliphatic rings. The lowest BCUT2D eigenvalue weighted by Crippen LogP contribution is -2.44. The third-order valence-electron chi connectivity index (χ3n) is 4.38. The number of amides is 1. The third-order valence-corrected chi connectivity index (χ3v) is 4.38. The monoisotopic (exact) mass is 332 g/mol. The maximum Gasteiger partial charge on any atom is 0.265 e. The second-order valence-corrected chi connectivity index (χ2v) is 6.01. The van der Waals surface area contributed by atoms with Gasteiger partial charge < -0.3 is 14.5 Å². The van der Waals surface area contributed by atoms with Crippen LogP contribution in [-0.2, 0) is 11.8 Å². The van der Waals surface area contributed by atoms with Crippen LogP contribution in [0.15, 0.2) is 18.2 Å². The highest BCUT2D eigenvalue weighted by molar-refractivity contribution is 5.98. The number of aromatic nitrogens is 2. The van der Waals surface area contributed by atoms with Crippen molar-refractivity contribution in [2.75, 3.05) is 36.5 Å². The van der Waals surface area contributed by atoms with Crippen LogP contribution in [-0.4, -0.2) is 42.4 Å². The molecule has 0 atom stereocenters. The fourth-order valence-corrected chi connectivity index (χ4v) is 2.96. The average molecular weight is 332 g/mol. The average Bonchev–Trinajstić information content (AvgIpc) is 2.78. The molecule has 2 aromatic rings. The molecule has 1 aromatic carbocycles. The summed E-state index contributed by atoms with van der Waals surface area (Å²) in [5.74, 6) is 0.0683. The summed E-state index contributed by atoms with van der Waals surface area (Å²) < 4.78 is 21.0. The van der Waals surface area contributed by atoms with E-state index in [2.05, 4.69) is 5.10 Å². The van der Waals surface area contributed by atoms with E-state index in [1.165, 1.54) is 12.1 Å². The van der Waals surface area contributed by atoms with Gasteiger partial charge in [-0.3, -0.25) is 9.48 Å². The van der Waals surface area contributed by atoms with Crippen molar-refractivity contribution in [3.63, 3.8) is 0 Å². The molecular formula is C17H21FN4O2. The smallest absolute Gasteiger partial charge is 0.265 e. The van der Waals surface area contributed by atoms with Gasteiger partial charge in [0, 0.05) is 27.2 Å². The number of likely N-dealkylation sites (N-methyl/N-ethyl adjacent to an activating group) is 1. The van der Waals surface area contributed by atoms with Crippen molar-refractivity contribution in [1.29, 1.82) is 0 Å². The highest BCUT2D eigenvalue weighted by atomic mass is 19.1. The maximum absolute atomic E-state index is 13.6. The molecule has 0 radical (unpaired) electrons. The van der Waals surface area contributed by atoms with Crippen molar-refractivity contribution in [1.82, 2.24) is 9.78 Å². The van der Waals surface area contributed by atoms with Crippen LogP contribution in [0, 0.1) is 19.7 Å². The molecule has 0 unspecified atom stereocenters. The van der Waals surface area contributed by atoms with Crippen LogP contribution in [0.25, 0.3) is 0 Å². The van der Waals surface area contributed by atoms with Gasteiger partial charge in [-0.25, -0.2) is 4.39 Å². The number of rotatable bonds is 3. The van der Waals surface area contributed by atoms with E-state index >= 15 is 0 Å². The Hall–Kier alpha value is -2.57. The van der Waals surface area contributed by atoms with Crippen LogP contribution in [0.3, 0.4) is 0 Å². The van der Waals surface area contributed by atoms with Crippen LogP contribution in [0.2, 0.25) is 0 Å². The van der Waals surface area contributed by atoms with Gasteiger partial charge in [0.15, 0.2) is 12.4 Å². The van der Waals surface area contributed by atoms with E-state index in [0.717, 1.165) is 17.1 Å². The van der Waals surface area contributed by atoms with Crippen LogP contribution < -0.4 is 14.5 Å². The van der Waals surface area contributed by atoms with Gasteiger partial charge in [0.05, 0.1) is 17.1 Å². The molecule has 2 heterocycles. The minimum Gasteiger partial charge on any atom is -0.480 e. The van der Waals surface area contributed by atoms with Crippen molar-refractivity contribution < 1.29 is 13.9 Å². The zero-order chi connectivity index (χ0) is 17.4. The van der Waals surface area contributed by atoms with Crippen molar-refractivity contribution >= 4 is 17.3 Å². The van der Waals surface area contributed by atoms with Gasteiger partial charge >= 0.3 is 0 Å². The molecular weight excluding hydrogens is 311 g/mol. The van der Waals surface area contributed by atoms with Crippen molar-refractivity contribution in [2.24, 2.45) is 7.05 Å². The first kappa shape index (κ1) is 16.3. The molecule has 1 amide bonds. The minimum absolute atomic E-state index is 0.104. The van der Waals surface area contributed by atoms with Crippen LogP contribution in [0.4, 0.5) is 15.8 Å². The summed E-state index contributed by atoms with van der Waals surface area (Å²) >= 11 is 0. The summed E-state index contributed by atoms with van der Waals surface area (Å²) in [5, 5.41) is 4.27. The summed E-state index contributed by atoms with van der Waals surface area (Å²) in [6, 6.07) is 4.49. The van der Waals surface area contributed by atoms with Gasteiger partial charge in [-0.05, 0) is 32.0 Å². The van der Waals surface area contributed by atoms with Gasteiger partial charge in [0.2, 0.25) is 0 Å². The zero-order valence-electron chi connectivity index (χ0n) is 14.3. The number of aryl methyl sites for hydroxylation is 2. The van der Waals surface area contributed by atoms with Crippen molar-refractivity contribution in [3.8, 4) is 5.75 Å². The summed E-state index contributed by atoms with van der Waals surface area (Å²) in [4.78, 5) is 16.2. The van der Waals surface area contributed by atoms with E-state index in [1.54, 1.807) is 15.6 Å². The molecule has 6 nitrogen and oxygen atoms in total. The van der Waals surface area contributed by atoms with Crippen LogP contribution >= 0.6 is 0 Å². The lowest BCUT2D eigenvalue weighted by Gasteiger charge is -2.35. The number of nitrogens with zero attached hydrogens (tertiary/aromatic N) is 4. The second-order valence-electron chi connectivity index (χ2n) is 6.01. The Morgan fingerprint density at radius 3 is 2.67 bits per heavy atom. The Balaban J connectivity index is 1.79. The third kappa shape index (κ3) is 2.81. The molecule has 0 saturated carbocycles. The van der Waals surface area contributed by atoms with Crippen molar-refractivity contribution in [3.05, 3.63) is 35.4 Å². The fraction of sp³-hybridized carbons (Fsp3) is 0.412. The summed E-state index contributed by atoms with van der Waals surface area (Å²) in [7, 11) is 3.76. The highest BCUT2D eigenvalue weighted by Gasteiger charge is 2.26. The predicted octanol–water partition coefficient (Wildman–Crippen LogP) is 2.04. The van der Waals surface area contributed by atoms with E-state index in [4.69, 9.17) is 4.74 Å². The normalized spacial score (nSPS) is 13.9. The lowest BCUT2D eigenvalue weighted by atomic mass is 10.1. The molecule has 3 rings (SSSR count). The standard InChI is InChI=1S/C17H21FN4O2/c1-11-17(12(2)21(4)19-11)24-10-16(23)22-8-7-20(3)14-6-5-13(18)9-15(14)22/h5-6,9H,7-8,10H2,1-4H3. The van der Waals surface area contributed by atoms with E-state index in [0.29, 0.717) is 24.5 Å². The molecule has 0 spiro atoms. The second kappa shape index (κ2) is 6.14. The summed E-state index contributed by atoms with van der Waals surface area (Å²) in [5.41, 5.74) is 3.03. The molecule has 0 saturated heterocycles. The van der Waals surface area contributed by atoms with Gasteiger partial charge in [-0.1, -0.05) is 0 Å². The number of benzene rings is 1. The van der Waals surface area contributed by atoms with Gasteiger partial charge in [0.1, 0.15) is 11.5 Å². The van der Waals surface area contributed by atoms with Crippen LogP contribution in [0.5, 0.6) is 5.75 Å². The van der Waals surface area contributed by atoms with Crippen LogP contribution in [0.1, 0.15) is 11.4 Å². The van der Waals surface area contributed by atoms with E-state index in [9.17, 15) is 9.18 Å². The molecule has 0 fully saturated rings. The fourth-order valence-electron chi connectivity index (χ4n) is 2.96. The quantitative estimate of drug-likeness (QED) is 0.863. The Morgan fingerprint density at radius 1 is 1.25 bits per heavy atom. The number of carbonyl (C=O) groups excluding carboxylic acids is 1. The molecule has 0 bridgehead atoms. The van der Waals surface area contributed by atoms with E-state index < -0.39 is 0 Å². The Bertz CT molecular complexity index is 787. The number of carbonyl (C=O) groups is 1. The maximum atomic E-state index is 13.6. The highest BCUT2D eigenvalue weighted by Crippen LogP contribution is 2.33. The van der Waals surface area contributed by atoms with Crippen molar-refractivity contribution in [2.45, 2.75) is 13.8 Å².